The highest BCUT2D eigenvalue weighted by Crippen LogP contribution is 2.32. The van der Waals surface area contributed by atoms with Crippen LogP contribution in [0.15, 0.2) is 84.9 Å². The summed E-state index contributed by atoms with van der Waals surface area (Å²) in [6.45, 7) is 1.76. The Kier molecular flexibility index (Phi) is 6.26. The summed E-state index contributed by atoms with van der Waals surface area (Å²) in [5.41, 5.74) is 2.71. The van der Waals surface area contributed by atoms with Gasteiger partial charge in [0.25, 0.3) is 5.69 Å². The summed E-state index contributed by atoms with van der Waals surface area (Å²) in [6.07, 6.45) is 1.34. The van der Waals surface area contributed by atoms with E-state index in [4.69, 9.17) is 0 Å². The molecule has 1 fully saturated rings. The quantitative estimate of drug-likeness (QED) is 0.418. The number of rotatable bonds is 6. The first-order valence-corrected chi connectivity index (χ1v) is 10.5. The third kappa shape index (κ3) is 4.74. The van der Waals surface area contributed by atoms with E-state index in [1.165, 1.54) is 6.07 Å². The highest BCUT2D eigenvalue weighted by Gasteiger charge is 2.31. The van der Waals surface area contributed by atoms with Crippen molar-refractivity contribution < 1.29 is 9.72 Å². The molecule has 6 heteroatoms. The van der Waals surface area contributed by atoms with Gasteiger partial charge >= 0.3 is 0 Å². The molecular weight excluding hydrogens is 390 g/mol. The second kappa shape index (κ2) is 9.43. The highest BCUT2D eigenvalue weighted by atomic mass is 16.6. The maximum Gasteiger partial charge on any atom is 0.292 e. The molecule has 0 aromatic heterocycles. The number of carbonyl (C=O) groups excluding carboxylic acids is 1. The first-order chi connectivity index (χ1) is 15.1. The van der Waals surface area contributed by atoms with E-state index in [0.29, 0.717) is 38.2 Å². The molecule has 0 saturated carbocycles. The zero-order valence-corrected chi connectivity index (χ0v) is 17.3. The molecule has 0 spiro atoms. The van der Waals surface area contributed by atoms with Crippen LogP contribution in [0.25, 0.3) is 0 Å². The molecule has 1 saturated heterocycles. The summed E-state index contributed by atoms with van der Waals surface area (Å²) in [4.78, 5) is 28.4. The summed E-state index contributed by atoms with van der Waals surface area (Å²) < 4.78 is 0. The molecule has 4 rings (SSSR count). The molecule has 0 radical (unpaired) electrons. The smallest absolute Gasteiger partial charge is 0.292 e. The lowest BCUT2D eigenvalue weighted by Crippen LogP contribution is -2.42. The Labute approximate surface area is 181 Å². The van der Waals surface area contributed by atoms with E-state index < -0.39 is 0 Å². The van der Waals surface area contributed by atoms with E-state index in [9.17, 15) is 14.9 Å². The van der Waals surface area contributed by atoms with E-state index >= 15 is 0 Å². The average Bonchev–Trinajstić information content (AvgIpc) is 2.83. The van der Waals surface area contributed by atoms with Crippen molar-refractivity contribution in [2.75, 3.05) is 22.9 Å². The molecule has 0 N–H and O–H groups in total. The molecule has 0 aliphatic carbocycles. The number of piperidine rings is 1. The van der Waals surface area contributed by atoms with Crippen LogP contribution < -0.4 is 9.80 Å². The van der Waals surface area contributed by atoms with Crippen LogP contribution in [0.4, 0.5) is 17.1 Å². The number of anilines is 2. The largest absolute Gasteiger partial charge is 0.366 e. The Bertz CT molecular complexity index is 1030. The molecule has 1 aliphatic rings. The SMILES string of the molecule is O=C(C1CCN(c2ccccc2[N+](=O)[O-])CC1)N(Cc1ccccc1)c1ccccc1. The summed E-state index contributed by atoms with van der Waals surface area (Å²) >= 11 is 0. The second-order valence-corrected chi connectivity index (χ2v) is 7.75. The fourth-order valence-electron chi connectivity index (χ4n) is 4.14. The van der Waals surface area contributed by atoms with Crippen LogP contribution in [0.5, 0.6) is 0 Å². The number of para-hydroxylation sites is 3. The first kappa shape index (κ1) is 20.6. The predicted molar refractivity (Wildman–Crippen MR) is 122 cm³/mol. The Morgan fingerprint density at radius 3 is 2.13 bits per heavy atom. The molecule has 1 amide bonds. The van der Waals surface area contributed by atoms with Crippen molar-refractivity contribution in [3.8, 4) is 0 Å². The van der Waals surface area contributed by atoms with E-state index in [1.54, 1.807) is 12.1 Å². The predicted octanol–water partition coefficient (Wildman–Crippen LogP) is 5.04. The Hall–Kier alpha value is -3.67. The monoisotopic (exact) mass is 415 g/mol. The molecule has 1 heterocycles. The van der Waals surface area contributed by atoms with Gasteiger partial charge in [0, 0.05) is 30.8 Å². The fraction of sp³-hybridized carbons (Fsp3) is 0.240. The van der Waals surface area contributed by atoms with Gasteiger partial charge in [0.2, 0.25) is 5.91 Å². The zero-order valence-electron chi connectivity index (χ0n) is 17.3. The van der Waals surface area contributed by atoms with Gasteiger partial charge in [0.1, 0.15) is 5.69 Å². The maximum absolute atomic E-state index is 13.5. The van der Waals surface area contributed by atoms with Gasteiger partial charge in [-0.15, -0.1) is 0 Å². The topological polar surface area (TPSA) is 66.7 Å². The summed E-state index contributed by atoms with van der Waals surface area (Å²) in [5, 5.41) is 11.4. The van der Waals surface area contributed by atoms with Gasteiger partial charge in [0.05, 0.1) is 11.5 Å². The van der Waals surface area contributed by atoms with Crippen LogP contribution in [0.2, 0.25) is 0 Å². The number of nitro groups is 1. The molecule has 31 heavy (non-hydrogen) atoms. The van der Waals surface area contributed by atoms with Crippen LogP contribution >= 0.6 is 0 Å². The van der Waals surface area contributed by atoms with Crippen molar-refractivity contribution in [3.05, 3.63) is 101 Å². The Morgan fingerprint density at radius 2 is 1.48 bits per heavy atom. The number of carbonyl (C=O) groups is 1. The van der Waals surface area contributed by atoms with Gasteiger partial charge in [-0.1, -0.05) is 60.7 Å². The van der Waals surface area contributed by atoms with Crippen molar-refractivity contribution in [1.29, 1.82) is 0 Å². The lowest BCUT2D eigenvalue weighted by molar-refractivity contribution is -0.384. The van der Waals surface area contributed by atoms with Crippen LogP contribution in [-0.4, -0.2) is 23.9 Å². The molecular formula is C25H25N3O3. The van der Waals surface area contributed by atoms with Crippen LogP contribution in [0.1, 0.15) is 18.4 Å². The third-order valence-corrected chi connectivity index (χ3v) is 5.78. The molecule has 0 atom stereocenters. The van der Waals surface area contributed by atoms with Gasteiger partial charge in [-0.3, -0.25) is 14.9 Å². The molecule has 0 unspecified atom stereocenters. The lowest BCUT2D eigenvalue weighted by Gasteiger charge is -2.35. The standard InChI is InChI=1S/C25H25N3O3/c29-25(27(22-11-5-2-6-12-22)19-20-9-3-1-4-10-20)21-15-17-26(18-16-21)23-13-7-8-14-24(23)28(30)31/h1-14,21H,15-19H2. The fourth-order valence-corrected chi connectivity index (χ4v) is 4.14. The van der Waals surface area contributed by atoms with Gasteiger partial charge in [-0.05, 0) is 36.6 Å². The third-order valence-electron chi connectivity index (χ3n) is 5.78. The normalized spacial score (nSPS) is 14.3. The van der Waals surface area contributed by atoms with Crippen molar-refractivity contribution in [1.82, 2.24) is 0 Å². The lowest BCUT2D eigenvalue weighted by atomic mass is 9.94. The van der Waals surface area contributed by atoms with Crippen LogP contribution in [-0.2, 0) is 11.3 Å². The van der Waals surface area contributed by atoms with E-state index in [1.807, 2.05) is 76.5 Å². The second-order valence-electron chi connectivity index (χ2n) is 7.75. The molecule has 3 aromatic carbocycles. The molecule has 1 aliphatic heterocycles. The van der Waals surface area contributed by atoms with Gasteiger partial charge in [0.15, 0.2) is 0 Å². The van der Waals surface area contributed by atoms with Crippen molar-refractivity contribution in [3.63, 3.8) is 0 Å². The Balaban J connectivity index is 1.50. The average molecular weight is 415 g/mol. The van der Waals surface area contributed by atoms with Gasteiger partial charge in [-0.2, -0.15) is 0 Å². The zero-order chi connectivity index (χ0) is 21.6. The van der Waals surface area contributed by atoms with E-state index in [-0.39, 0.29) is 22.4 Å². The van der Waals surface area contributed by atoms with Crippen molar-refractivity contribution in [2.24, 2.45) is 5.92 Å². The minimum atomic E-state index is -0.344. The molecule has 6 nitrogen and oxygen atoms in total. The van der Waals surface area contributed by atoms with Crippen LogP contribution in [0.3, 0.4) is 0 Å². The maximum atomic E-state index is 13.5. The number of benzene rings is 3. The van der Waals surface area contributed by atoms with Gasteiger partial charge < -0.3 is 9.80 Å². The number of hydrogen-bond acceptors (Lipinski definition) is 4. The highest BCUT2D eigenvalue weighted by molar-refractivity contribution is 5.95. The molecule has 3 aromatic rings. The van der Waals surface area contributed by atoms with E-state index in [2.05, 4.69) is 0 Å². The van der Waals surface area contributed by atoms with Crippen molar-refractivity contribution >= 4 is 23.0 Å². The number of hydrogen-bond donors (Lipinski definition) is 0. The number of amides is 1. The number of nitro benzene ring substituents is 1. The molecule has 0 bridgehead atoms. The summed E-state index contributed by atoms with van der Waals surface area (Å²) in [6, 6.07) is 26.5. The summed E-state index contributed by atoms with van der Waals surface area (Å²) in [5.74, 6) is 0.000186. The van der Waals surface area contributed by atoms with Crippen LogP contribution in [0, 0.1) is 16.0 Å². The first-order valence-electron chi connectivity index (χ1n) is 10.5. The van der Waals surface area contributed by atoms with Gasteiger partial charge in [-0.25, -0.2) is 0 Å². The molecule has 158 valence electrons. The Morgan fingerprint density at radius 1 is 0.903 bits per heavy atom. The van der Waals surface area contributed by atoms with E-state index in [0.717, 1.165) is 11.3 Å². The number of nitrogens with zero attached hydrogens (tertiary/aromatic N) is 3. The minimum Gasteiger partial charge on any atom is -0.366 e. The summed E-state index contributed by atoms with van der Waals surface area (Å²) in [7, 11) is 0. The van der Waals surface area contributed by atoms with Crippen molar-refractivity contribution in [2.45, 2.75) is 19.4 Å². The minimum absolute atomic E-state index is 0.108.